The molecule has 2 heterocycles. The van der Waals surface area contributed by atoms with Gasteiger partial charge in [-0.1, -0.05) is 18.2 Å². The van der Waals surface area contributed by atoms with Crippen LogP contribution in [0, 0.1) is 0 Å². The summed E-state index contributed by atoms with van der Waals surface area (Å²) in [6.45, 7) is 3.55. The first-order valence-electron chi connectivity index (χ1n) is 10.8. The molecule has 30 heavy (non-hydrogen) atoms. The summed E-state index contributed by atoms with van der Waals surface area (Å²) in [7, 11) is 2.10. The lowest BCUT2D eigenvalue weighted by molar-refractivity contribution is -0.885. The zero-order valence-electron chi connectivity index (χ0n) is 17.9. The fourth-order valence-electron chi connectivity index (χ4n) is 4.31. The van der Waals surface area contributed by atoms with E-state index in [0.29, 0.717) is 19.8 Å². The number of carbonyl (C=O) groups is 1. The number of likely N-dealkylation sites (N-methyl/N-ethyl adjacent to an activating group) is 1. The van der Waals surface area contributed by atoms with E-state index in [1.54, 1.807) is 11.8 Å². The summed E-state index contributed by atoms with van der Waals surface area (Å²) in [5, 5.41) is 0. The number of hydrogen-bond donors (Lipinski definition) is 1. The molecule has 2 aliphatic heterocycles. The van der Waals surface area contributed by atoms with Crippen LogP contribution in [0.25, 0.3) is 0 Å². The molecule has 0 radical (unpaired) electrons. The van der Waals surface area contributed by atoms with Gasteiger partial charge in [0.2, 0.25) is 0 Å². The molecular formula is C24H31N2O3S+. The molecule has 0 aromatic heterocycles. The van der Waals surface area contributed by atoms with E-state index >= 15 is 0 Å². The summed E-state index contributed by atoms with van der Waals surface area (Å²) in [5.74, 6) is 1.84. The highest BCUT2D eigenvalue weighted by molar-refractivity contribution is 7.98. The van der Waals surface area contributed by atoms with E-state index < -0.39 is 0 Å². The lowest BCUT2D eigenvalue weighted by Gasteiger charge is -2.26. The van der Waals surface area contributed by atoms with Crippen molar-refractivity contribution >= 4 is 17.7 Å². The first-order chi connectivity index (χ1) is 14.6. The van der Waals surface area contributed by atoms with E-state index in [1.807, 2.05) is 6.07 Å². The molecule has 2 aromatic rings. The van der Waals surface area contributed by atoms with Crippen molar-refractivity contribution in [3.8, 4) is 11.5 Å². The van der Waals surface area contributed by atoms with E-state index in [9.17, 15) is 4.79 Å². The smallest absolute Gasteiger partial charge is 0.278 e. The van der Waals surface area contributed by atoms with Crippen LogP contribution in [0.15, 0.2) is 47.4 Å². The van der Waals surface area contributed by atoms with Gasteiger partial charge in [-0.2, -0.15) is 0 Å². The zero-order chi connectivity index (χ0) is 20.9. The monoisotopic (exact) mass is 427 g/mol. The summed E-state index contributed by atoms with van der Waals surface area (Å²) in [6.07, 6.45) is 5.02. The second kappa shape index (κ2) is 9.75. The third-order valence-corrected chi connectivity index (χ3v) is 6.59. The molecular weight excluding hydrogens is 396 g/mol. The first-order valence-corrected chi connectivity index (χ1v) is 12.0. The number of fused-ring (bicyclic) bond motifs is 1. The van der Waals surface area contributed by atoms with Crippen molar-refractivity contribution in [1.82, 2.24) is 4.90 Å². The SMILES string of the molecule is CSc1ccc(C[NH+](C)CC(=O)N2CCC[C@@H]2c2ccc3c(c2)OCCCO3)cc1. The van der Waals surface area contributed by atoms with Crippen LogP contribution in [0.1, 0.15) is 36.4 Å². The Morgan fingerprint density at radius 2 is 1.87 bits per heavy atom. The molecule has 6 heteroatoms. The number of quaternary nitrogens is 1. The van der Waals surface area contributed by atoms with E-state index in [2.05, 4.69) is 54.6 Å². The number of benzene rings is 2. The summed E-state index contributed by atoms with van der Waals surface area (Å²) in [6, 6.07) is 14.9. The number of carbonyl (C=O) groups excluding carboxylic acids is 1. The Balaban J connectivity index is 1.40. The maximum Gasteiger partial charge on any atom is 0.278 e. The first kappa shape index (κ1) is 21.1. The zero-order valence-corrected chi connectivity index (χ0v) is 18.7. The number of nitrogens with zero attached hydrogens (tertiary/aromatic N) is 1. The van der Waals surface area contributed by atoms with Crippen LogP contribution in [-0.2, 0) is 11.3 Å². The van der Waals surface area contributed by atoms with Crippen LogP contribution in [0.5, 0.6) is 11.5 Å². The van der Waals surface area contributed by atoms with Crippen LogP contribution in [0.4, 0.5) is 0 Å². The molecule has 2 aromatic carbocycles. The average molecular weight is 428 g/mol. The van der Waals surface area contributed by atoms with E-state index in [1.165, 1.54) is 15.4 Å². The van der Waals surface area contributed by atoms with Gasteiger partial charge in [-0.25, -0.2) is 0 Å². The molecule has 2 aliphatic rings. The summed E-state index contributed by atoms with van der Waals surface area (Å²) in [5.41, 5.74) is 2.41. The van der Waals surface area contributed by atoms with Crippen LogP contribution < -0.4 is 14.4 Å². The van der Waals surface area contributed by atoms with E-state index in [-0.39, 0.29) is 11.9 Å². The Hall–Kier alpha value is -2.18. The lowest BCUT2D eigenvalue weighted by atomic mass is 10.0. The highest BCUT2D eigenvalue weighted by atomic mass is 32.2. The molecule has 0 saturated carbocycles. The molecule has 0 aliphatic carbocycles. The van der Waals surface area contributed by atoms with Gasteiger partial charge in [0.15, 0.2) is 18.0 Å². The minimum absolute atomic E-state index is 0.128. The third-order valence-electron chi connectivity index (χ3n) is 5.85. The average Bonchev–Trinajstić information content (AvgIpc) is 3.13. The van der Waals surface area contributed by atoms with Crippen molar-refractivity contribution in [3.05, 3.63) is 53.6 Å². The largest absolute Gasteiger partial charge is 0.490 e. The van der Waals surface area contributed by atoms with Crippen molar-refractivity contribution in [1.29, 1.82) is 0 Å². The molecule has 160 valence electrons. The number of nitrogens with one attached hydrogen (secondary N) is 1. The molecule has 1 saturated heterocycles. The second-order valence-corrected chi connectivity index (χ2v) is 9.04. The molecule has 2 atom stereocenters. The van der Waals surface area contributed by atoms with Gasteiger partial charge >= 0.3 is 0 Å². The number of ether oxygens (including phenoxy) is 2. The number of rotatable bonds is 6. The van der Waals surface area contributed by atoms with E-state index in [0.717, 1.165) is 49.4 Å². The van der Waals surface area contributed by atoms with Gasteiger partial charge in [0.05, 0.1) is 26.3 Å². The fourth-order valence-corrected chi connectivity index (χ4v) is 4.72. The van der Waals surface area contributed by atoms with Gasteiger partial charge in [0.25, 0.3) is 5.91 Å². The predicted octanol–water partition coefficient (Wildman–Crippen LogP) is 2.95. The molecule has 4 rings (SSSR count). The van der Waals surface area contributed by atoms with Crippen LogP contribution in [0.2, 0.25) is 0 Å². The Bertz CT molecular complexity index is 871. The van der Waals surface area contributed by atoms with Crippen molar-refractivity contribution in [2.24, 2.45) is 0 Å². The minimum Gasteiger partial charge on any atom is -0.490 e. The molecule has 5 nitrogen and oxygen atoms in total. The van der Waals surface area contributed by atoms with Crippen molar-refractivity contribution in [3.63, 3.8) is 0 Å². The van der Waals surface area contributed by atoms with Gasteiger partial charge in [-0.15, -0.1) is 11.8 Å². The molecule has 0 spiro atoms. The number of thioether (sulfide) groups is 1. The molecule has 1 fully saturated rings. The molecule has 1 amide bonds. The molecule has 1 unspecified atom stereocenters. The number of amides is 1. The summed E-state index contributed by atoms with van der Waals surface area (Å²) >= 11 is 1.75. The predicted molar refractivity (Wildman–Crippen MR) is 119 cm³/mol. The number of likely N-dealkylation sites (tertiary alicyclic amines) is 1. The third kappa shape index (κ3) is 4.93. The standard InChI is InChI=1S/C24H30N2O3S/c1-25(16-18-6-9-20(30-2)10-7-18)17-24(27)26-12-3-5-21(26)19-8-11-22-23(15-19)29-14-4-13-28-22/h6-11,15,21H,3-5,12-14,16-17H2,1-2H3/p+1/t21-/m1/s1. The van der Waals surface area contributed by atoms with Crippen LogP contribution in [0.3, 0.4) is 0 Å². The number of hydrogen-bond acceptors (Lipinski definition) is 4. The van der Waals surface area contributed by atoms with Crippen LogP contribution >= 0.6 is 11.8 Å². The van der Waals surface area contributed by atoms with E-state index in [4.69, 9.17) is 9.47 Å². The van der Waals surface area contributed by atoms with Crippen molar-refractivity contribution in [2.45, 2.75) is 36.7 Å². The maximum atomic E-state index is 13.1. The fraction of sp³-hybridized carbons (Fsp3) is 0.458. The van der Waals surface area contributed by atoms with Gasteiger partial charge in [0, 0.05) is 23.4 Å². The Morgan fingerprint density at radius 3 is 2.63 bits per heavy atom. The van der Waals surface area contributed by atoms with Crippen molar-refractivity contribution in [2.75, 3.05) is 39.6 Å². The minimum atomic E-state index is 0.128. The molecule has 1 N–H and O–H groups in total. The Morgan fingerprint density at radius 1 is 1.10 bits per heavy atom. The normalized spacial score (nSPS) is 19.4. The van der Waals surface area contributed by atoms with Gasteiger partial charge in [-0.3, -0.25) is 4.79 Å². The van der Waals surface area contributed by atoms with Gasteiger partial charge in [0.1, 0.15) is 6.54 Å². The second-order valence-electron chi connectivity index (χ2n) is 8.16. The maximum absolute atomic E-state index is 13.1. The highest BCUT2D eigenvalue weighted by Gasteiger charge is 2.32. The van der Waals surface area contributed by atoms with Crippen molar-refractivity contribution < 1.29 is 19.2 Å². The van der Waals surface area contributed by atoms with Crippen LogP contribution in [-0.4, -0.2) is 50.4 Å². The summed E-state index contributed by atoms with van der Waals surface area (Å²) in [4.78, 5) is 17.7. The van der Waals surface area contributed by atoms with Gasteiger partial charge < -0.3 is 19.3 Å². The highest BCUT2D eigenvalue weighted by Crippen LogP contribution is 2.37. The Kier molecular flexibility index (Phi) is 6.85. The summed E-state index contributed by atoms with van der Waals surface area (Å²) < 4.78 is 11.6. The topological polar surface area (TPSA) is 43.2 Å². The molecule has 0 bridgehead atoms. The quantitative estimate of drug-likeness (QED) is 0.720. The lowest BCUT2D eigenvalue weighted by Crippen LogP contribution is -3.08. The van der Waals surface area contributed by atoms with Gasteiger partial charge in [-0.05, 0) is 48.9 Å². The Labute approximate surface area is 183 Å².